The van der Waals surface area contributed by atoms with Crippen molar-refractivity contribution in [3.8, 4) is 5.82 Å². The topological polar surface area (TPSA) is 93.0 Å². The number of carbonyl (C=O) groups is 2. The molecule has 1 N–H and O–H groups in total. The van der Waals surface area contributed by atoms with Gasteiger partial charge in [0.15, 0.2) is 11.5 Å². The van der Waals surface area contributed by atoms with Crippen molar-refractivity contribution < 1.29 is 9.59 Å². The summed E-state index contributed by atoms with van der Waals surface area (Å²) < 4.78 is 1.71. The SMILES string of the molecule is Cc1nn(-c2ccccn2)c2nc(C3CC3)cc(C(=O)Nc3cccc(C(=O)N4CCCCC4)c3)c12. The molecule has 8 heteroatoms. The van der Waals surface area contributed by atoms with E-state index < -0.39 is 0 Å². The molecule has 0 atom stereocenters. The van der Waals surface area contributed by atoms with Crippen LogP contribution in [0.2, 0.25) is 0 Å². The largest absolute Gasteiger partial charge is 0.339 e. The summed E-state index contributed by atoms with van der Waals surface area (Å²) in [4.78, 5) is 37.8. The summed E-state index contributed by atoms with van der Waals surface area (Å²) in [7, 11) is 0. The molecule has 4 aromatic rings. The number of aryl methyl sites for hydroxylation is 1. The summed E-state index contributed by atoms with van der Waals surface area (Å²) in [6.07, 6.45) is 7.09. The molecule has 1 saturated heterocycles. The van der Waals surface area contributed by atoms with Crippen molar-refractivity contribution in [3.05, 3.63) is 77.2 Å². The van der Waals surface area contributed by atoms with Crippen LogP contribution in [0.15, 0.2) is 54.7 Å². The Morgan fingerprint density at radius 1 is 1.00 bits per heavy atom. The molecule has 1 saturated carbocycles. The Labute approximate surface area is 209 Å². The summed E-state index contributed by atoms with van der Waals surface area (Å²) in [5.41, 5.74) is 3.97. The van der Waals surface area contributed by atoms with Crippen molar-refractivity contribution in [1.29, 1.82) is 0 Å². The number of rotatable bonds is 5. The smallest absolute Gasteiger partial charge is 0.256 e. The normalized spacial score (nSPS) is 15.8. The lowest BCUT2D eigenvalue weighted by molar-refractivity contribution is 0.0724. The lowest BCUT2D eigenvalue weighted by Gasteiger charge is -2.26. The van der Waals surface area contributed by atoms with E-state index in [0.717, 1.165) is 44.5 Å². The first kappa shape index (κ1) is 22.4. The number of nitrogens with one attached hydrogen (secondary N) is 1. The molecule has 2 amide bonds. The molecular formula is C28H28N6O2. The highest BCUT2D eigenvalue weighted by Crippen LogP contribution is 2.40. The lowest BCUT2D eigenvalue weighted by Crippen LogP contribution is -2.35. The number of hydrogen-bond acceptors (Lipinski definition) is 5. The summed E-state index contributed by atoms with van der Waals surface area (Å²) in [6.45, 7) is 3.46. The van der Waals surface area contributed by atoms with Crippen LogP contribution in [0.1, 0.15) is 70.1 Å². The number of hydrogen-bond donors (Lipinski definition) is 1. The van der Waals surface area contributed by atoms with Crippen LogP contribution in [0.25, 0.3) is 16.9 Å². The number of likely N-dealkylation sites (tertiary alicyclic amines) is 1. The Bertz CT molecular complexity index is 1450. The Kier molecular flexibility index (Phi) is 5.71. The fourth-order valence-electron chi connectivity index (χ4n) is 4.92. The van der Waals surface area contributed by atoms with E-state index in [0.29, 0.717) is 45.3 Å². The predicted molar refractivity (Wildman–Crippen MR) is 138 cm³/mol. The average molecular weight is 481 g/mol. The Hall–Kier alpha value is -4.07. The molecule has 1 aliphatic heterocycles. The summed E-state index contributed by atoms with van der Waals surface area (Å²) in [6, 6.07) is 14.7. The molecule has 0 radical (unpaired) electrons. The zero-order valence-electron chi connectivity index (χ0n) is 20.3. The van der Waals surface area contributed by atoms with Gasteiger partial charge in [-0.3, -0.25) is 9.59 Å². The molecule has 0 spiro atoms. The van der Waals surface area contributed by atoms with Crippen molar-refractivity contribution in [1.82, 2.24) is 24.6 Å². The maximum absolute atomic E-state index is 13.6. The maximum Gasteiger partial charge on any atom is 0.256 e. The Balaban J connectivity index is 1.35. The van der Waals surface area contributed by atoms with Crippen LogP contribution in [0.4, 0.5) is 5.69 Å². The monoisotopic (exact) mass is 480 g/mol. The van der Waals surface area contributed by atoms with Crippen LogP contribution in [0.5, 0.6) is 0 Å². The molecule has 2 aliphatic rings. The number of anilines is 1. The van der Waals surface area contributed by atoms with Gasteiger partial charge in [0.2, 0.25) is 0 Å². The second-order valence-corrected chi connectivity index (χ2v) is 9.64. The van der Waals surface area contributed by atoms with Crippen molar-refractivity contribution in [2.75, 3.05) is 18.4 Å². The number of benzene rings is 1. The molecule has 182 valence electrons. The van der Waals surface area contributed by atoms with Gasteiger partial charge in [0.05, 0.1) is 16.6 Å². The summed E-state index contributed by atoms with van der Waals surface area (Å²) in [5, 5.41) is 8.41. The first-order valence-corrected chi connectivity index (χ1v) is 12.6. The average Bonchev–Trinajstić information content (AvgIpc) is 3.72. The van der Waals surface area contributed by atoms with Crippen LogP contribution < -0.4 is 5.32 Å². The van der Waals surface area contributed by atoms with E-state index >= 15 is 0 Å². The number of carbonyl (C=O) groups excluding carboxylic acids is 2. The van der Waals surface area contributed by atoms with Gasteiger partial charge in [-0.05, 0) is 75.4 Å². The van der Waals surface area contributed by atoms with E-state index in [-0.39, 0.29) is 11.8 Å². The van der Waals surface area contributed by atoms with Crippen LogP contribution in [0, 0.1) is 6.92 Å². The van der Waals surface area contributed by atoms with Gasteiger partial charge in [-0.1, -0.05) is 12.1 Å². The van der Waals surface area contributed by atoms with Gasteiger partial charge >= 0.3 is 0 Å². The molecule has 0 unspecified atom stereocenters. The van der Waals surface area contributed by atoms with Crippen molar-refractivity contribution >= 4 is 28.5 Å². The molecular weight excluding hydrogens is 452 g/mol. The second-order valence-electron chi connectivity index (χ2n) is 9.64. The molecule has 36 heavy (non-hydrogen) atoms. The van der Waals surface area contributed by atoms with E-state index in [1.54, 1.807) is 16.9 Å². The minimum absolute atomic E-state index is 0.0144. The third-order valence-electron chi connectivity index (χ3n) is 6.95. The lowest BCUT2D eigenvalue weighted by atomic mass is 10.1. The van der Waals surface area contributed by atoms with Gasteiger partial charge in [-0.15, -0.1) is 0 Å². The predicted octanol–water partition coefficient (Wildman–Crippen LogP) is 4.88. The molecule has 3 aromatic heterocycles. The third kappa shape index (κ3) is 4.23. The summed E-state index contributed by atoms with van der Waals surface area (Å²) in [5.74, 6) is 0.793. The van der Waals surface area contributed by atoms with E-state index in [1.165, 1.54) is 6.42 Å². The van der Waals surface area contributed by atoms with Gasteiger partial charge in [-0.2, -0.15) is 9.78 Å². The van der Waals surface area contributed by atoms with Gasteiger partial charge < -0.3 is 10.2 Å². The number of amides is 2. The minimum Gasteiger partial charge on any atom is -0.339 e. The summed E-state index contributed by atoms with van der Waals surface area (Å²) >= 11 is 0. The molecule has 6 rings (SSSR count). The van der Waals surface area contributed by atoms with Gasteiger partial charge in [0, 0.05) is 42.1 Å². The first-order valence-electron chi connectivity index (χ1n) is 12.6. The zero-order valence-corrected chi connectivity index (χ0v) is 20.3. The minimum atomic E-state index is -0.240. The van der Waals surface area contributed by atoms with Crippen LogP contribution in [0.3, 0.4) is 0 Å². The third-order valence-corrected chi connectivity index (χ3v) is 6.95. The molecule has 2 fully saturated rings. The molecule has 0 bridgehead atoms. The van der Waals surface area contributed by atoms with Crippen molar-refractivity contribution in [2.24, 2.45) is 0 Å². The standard InChI is InChI=1S/C28H28N6O2/c1-18-25-22(17-23(19-11-12-19)31-26(25)34(32-18)24-10-3-4-13-29-24)27(35)30-21-9-7-8-20(16-21)28(36)33-14-5-2-6-15-33/h3-4,7-10,13,16-17,19H,2,5-6,11-12,14-15H2,1H3,(H,30,35). The quantitative estimate of drug-likeness (QED) is 0.439. The van der Waals surface area contributed by atoms with E-state index in [1.807, 2.05) is 54.3 Å². The number of fused-ring (bicyclic) bond motifs is 1. The number of nitrogens with zero attached hydrogens (tertiary/aromatic N) is 5. The highest BCUT2D eigenvalue weighted by molar-refractivity contribution is 6.13. The highest BCUT2D eigenvalue weighted by atomic mass is 16.2. The van der Waals surface area contributed by atoms with Crippen LogP contribution in [-0.2, 0) is 0 Å². The second kappa shape index (κ2) is 9.18. The number of aromatic nitrogens is 4. The maximum atomic E-state index is 13.6. The first-order chi connectivity index (χ1) is 17.6. The molecule has 8 nitrogen and oxygen atoms in total. The van der Waals surface area contributed by atoms with E-state index in [2.05, 4.69) is 15.4 Å². The fraction of sp³-hybridized carbons (Fsp3) is 0.321. The molecule has 4 heterocycles. The zero-order chi connectivity index (χ0) is 24.6. The Morgan fingerprint density at radius 3 is 2.58 bits per heavy atom. The van der Waals surface area contributed by atoms with Crippen LogP contribution in [-0.4, -0.2) is 49.6 Å². The fourth-order valence-corrected chi connectivity index (χ4v) is 4.92. The van der Waals surface area contributed by atoms with Gasteiger partial charge in [-0.25, -0.2) is 9.97 Å². The van der Waals surface area contributed by atoms with Crippen molar-refractivity contribution in [2.45, 2.75) is 44.9 Å². The van der Waals surface area contributed by atoms with Crippen molar-refractivity contribution in [3.63, 3.8) is 0 Å². The van der Waals surface area contributed by atoms with Gasteiger partial charge in [0.25, 0.3) is 11.8 Å². The highest BCUT2D eigenvalue weighted by Gasteiger charge is 2.29. The number of piperidine rings is 1. The molecule has 1 aromatic carbocycles. The number of pyridine rings is 2. The van der Waals surface area contributed by atoms with Gasteiger partial charge in [0.1, 0.15) is 0 Å². The van der Waals surface area contributed by atoms with E-state index in [4.69, 9.17) is 4.98 Å². The van der Waals surface area contributed by atoms with Crippen LogP contribution >= 0.6 is 0 Å². The molecule has 1 aliphatic carbocycles. The Morgan fingerprint density at radius 2 is 1.83 bits per heavy atom. The van der Waals surface area contributed by atoms with E-state index in [9.17, 15) is 9.59 Å².